The minimum Gasteiger partial charge on any atom is -0.373 e. The fraction of sp³-hybridized carbons (Fsp3) is 0.929. The third-order valence-corrected chi connectivity index (χ3v) is 7.44. The second kappa shape index (κ2) is 8.72. The van der Waals surface area contributed by atoms with Crippen LogP contribution >= 0.6 is 0 Å². The predicted molar refractivity (Wildman–Crippen MR) is 88.3 cm³/mol. The summed E-state index contributed by atoms with van der Waals surface area (Å²) < 4.78 is 18.1. The first-order valence-corrected chi connectivity index (χ1v) is 9.43. The predicted octanol–water partition coefficient (Wildman–Crippen LogP) is 2.32. The van der Waals surface area contributed by atoms with Crippen LogP contribution in [0.1, 0.15) is 48.5 Å². The number of hydrogen-bond acceptors (Lipinski definition) is 4. The lowest BCUT2D eigenvalue weighted by Gasteiger charge is -2.46. The Morgan fingerprint density at radius 1 is 1.10 bits per heavy atom. The first kappa shape index (κ1) is 20.4. The van der Waals surface area contributed by atoms with Crippen LogP contribution in [0, 0.1) is 11.3 Å². The summed E-state index contributed by atoms with van der Waals surface area (Å²) in [5, 5.41) is 10.2. The van der Waals surface area contributed by atoms with Crippen molar-refractivity contribution in [1.29, 1.82) is 5.41 Å². The van der Waals surface area contributed by atoms with E-state index in [4.69, 9.17) is 24.4 Å². The molecule has 6 nitrogen and oxygen atoms in total. The lowest BCUT2D eigenvalue weighted by molar-refractivity contribution is 0.0387. The molecule has 0 saturated heterocycles. The van der Waals surface area contributed by atoms with Gasteiger partial charge in [0.2, 0.25) is 0 Å². The molecule has 4 N–H and O–H groups in total. The molecule has 21 heavy (non-hydrogen) atoms. The average Bonchev–Trinajstić information content (AvgIpc) is 2.35. The summed E-state index contributed by atoms with van der Waals surface area (Å²) in [6, 6.07) is -0.0775. The van der Waals surface area contributed by atoms with Crippen molar-refractivity contribution in [3.05, 3.63) is 0 Å². The molecule has 0 spiro atoms. The van der Waals surface area contributed by atoms with Crippen LogP contribution in [0.2, 0.25) is 5.04 Å². The Kier molecular flexibility index (Phi) is 8.46. The first-order chi connectivity index (χ1) is 9.68. The SMILES string of the molecule is CCO[Si](OCC)(OCC)C(C)(C)C(NC(=N)N)C(C)C. The summed E-state index contributed by atoms with van der Waals surface area (Å²) in [5.41, 5.74) is 5.56. The number of guanidine groups is 1. The van der Waals surface area contributed by atoms with Crippen molar-refractivity contribution >= 4 is 14.8 Å². The van der Waals surface area contributed by atoms with Gasteiger partial charge in [-0.3, -0.25) is 5.41 Å². The maximum atomic E-state index is 7.57. The Bertz CT molecular complexity index is 308. The van der Waals surface area contributed by atoms with E-state index < -0.39 is 13.8 Å². The van der Waals surface area contributed by atoms with Gasteiger partial charge < -0.3 is 24.3 Å². The fourth-order valence-corrected chi connectivity index (χ4v) is 6.08. The monoisotopic (exact) mass is 319 g/mol. The third-order valence-electron chi connectivity index (χ3n) is 3.55. The summed E-state index contributed by atoms with van der Waals surface area (Å²) in [4.78, 5) is 0. The largest absolute Gasteiger partial charge is 0.509 e. The fourth-order valence-electron chi connectivity index (χ4n) is 2.79. The van der Waals surface area contributed by atoms with Gasteiger partial charge in [-0.1, -0.05) is 27.7 Å². The second-order valence-corrected chi connectivity index (χ2v) is 9.12. The Morgan fingerprint density at radius 2 is 1.48 bits per heavy atom. The quantitative estimate of drug-likeness (QED) is 0.327. The molecule has 0 rings (SSSR count). The summed E-state index contributed by atoms with van der Waals surface area (Å²) >= 11 is 0. The van der Waals surface area contributed by atoms with Crippen molar-refractivity contribution in [2.75, 3.05) is 19.8 Å². The van der Waals surface area contributed by atoms with E-state index in [1.807, 2.05) is 20.8 Å². The molecule has 0 aliphatic carbocycles. The van der Waals surface area contributed by atoms with E-state index in [1.165, 1.54) is 0 Å². The number of hydrogen-bond donors (Lipinski definition) is 3. The normalized spacial score (nSPS) is 14.3. The molecule has 1 atom stereocenters. The van der Waals surface area contributed by atoms with Crippen LogP contribution in [-0.4, -0.2) is 40.6 Å². The highest BCUT2D eigenvalue weighted by Crippen LogP contribution is 2.45. The van der Waals surface area contributed by atoms with Crippen molar-refractivity contribution in [1.82, 2.24) is 5.32 Å². The molecule has 0 aliphatic rings. The van der Waals surface area contributed by atoms with Crippen molar-refractivity contribution < 1.29 is 13.3 Å². The van der Waals surface area contributed by atoms with Crippen LogP contribution in [0.5, 0.6) is 0 Å². The highest BCUT2D eigenvalue weighted by Gasteiger charge is 2.59. The third kappa shape index (κ3) is 4.95. The average molecular weight is 320 g/mol. The smallest absolute Gasteiger partial charge is 0.373 e. The van der Waals surface area contributed by atoms with E-state index in [9.17, 15) is 0 Å². The topological polar surface area (TPSA) is 89.6 Å². The summed E-state index contributed by atoms with van der Waals surface area (Å²) in [5.74, 6) is 0.200. The Hall–Kier alpha value is -0.633. The van der Waals surface area contributed by atoms with Gasteiger partial charge in [-0.05, 0) is 26.7 Å². The van der Waals surface area contributed by atoms with Crippen LogP contribution in [-0.2, 0) is 13.3 Å². The molecular formula is C14H33N3O3Si. The maximum absolute atomic E-state index is 7.57. The Morgan fingerprint density at radius 3 is 1.71 bits per heavy atom. The lowest BCUT2D eigenvalue weighted by atomic mass is 9.92. The van der Waals surface area contributed by atoms with E-state index in [-0.39, 0.29) is 17.9 Å². The van der Waals surface area contributed by atoms with Gasteiger partial charge >= 0.3 is 8.80 Å². The second-order valence-electron chi connectivity index (χ2n) is 5.86. The van der Waals surface area contributed by atoms with Crippen molar-refractivity contribution in [2.45, 2.75) is 59.5 Å². The minimum atomic E-state index is -2.93. The van der Waals surface area contributed by atoms with Gasteiger partial charge in [0, 0.05) is 25.9 Å². The van der Waals surface area contributed by atoms with Gasteiger partial charge in [0.1, 0.15) is 0 Å². The first-order valence-electron chi connectivity index (χ1n) is 7.70. The van der Waals surface area contributed by atoms with Gasteiger partial charge in [-0.25, -0.2) is 0 Å². The highest BCUT2D eigenvalue weighted by atomic mass is 28.4. The van der Waals surface area contributed by atoms with Crippen LogP contribution in [0.25, 0.3) is 0 Å². The summed E-state index contributed by atoms with van der Waals surface area (Å²) in [7, 11) is -2.93. The summed E-state index contributed by atoms with van der Waals surface area (Å²) in [6.45, 7) is 15.7. The van der Waals surface area contributed by atoms with E-state index in [2.05, 4.69) is 33.0 Å². The van der Waals surface area contributed by atoms with Crippen LogP contribution < -0.4 is 11.1 Å². The van der Waals surface area contributed by atoms with E-state index in [0.717, 1.165) is 0 Å². The van der Waals surface area contributed by atoms with Gasteiger partial charge in [0.25, 0.3) is 0 Å². The number of nitrogens with one attached hydrogen (secondary N) is 2. The number of rotatable bonds is 10. The number of nitrogens with two attached hydrogens (primary N) is 1. The Labute approximate surface area is 130 Å². The molecule has 1 unspecified atom stereocenters. The molecule has 0 amide bonds. The highest BCUT2D eigenvalue weighted by molar-refractivity contribution is 6.64. The van der Waals surface area contributed by atoms with Crippen LogP contribution in [0.3, 0.4) is 0 Å². The van der Waals surface area contributed by atoms with E-state index in [1.54, 1.807) is 0 Å². The molecule has 0 aromatic heterocycles. The molecule has 0 aromatic rings. The molecule has 7 heteroatoms. The molecular weight excluding hydrogens is 286 g/mol. The molecule has 0 saturated carbocycles. The molecule has 0 fully saturated rings. The minimum absolute atomic E-state index is 0.0471. The van der Waals surface area contributed by atoms with Crippen LogP contribution in [0.4, 0.5) is 0 Å². The molecule has 126 valence electrons. The van der Waals surface area contributed by atoms with E-state index >= 15 is 0 Å². The zero-order valence-corrected chi connectivity index (χ0v) is 15.6. The van der Waals surface area contributed by atoms with Gasteiger partial charge in [0.05, 0.1) is 5.04 Å². The lowest BCUT2D eigenvalue weighted by Crippen LogP contribution is -2.63. The Balaban J connectivity index is 5.69. The van der Waals surface area contributed by atoms with Gasteiger partial charge in [-0.15, -0.1) is 0 Å². The molecule has 0 bridgehead atoms. The zero-order valence-electron chi connectivity index (χ0n) is 14.6. The summed E-state index contributed by atoms with van der Waals surface area (Å²) in [6.07, 6.45) is 0. The molecule has 0 aliphatic heterocycles. The molecule has 0 radical (unpaired) electrons. The van der Waals surface area contributed by atoms with Gasteiger partial charge in [-0.2, -0.15) is 0 Å². The molecule has 0 heterocycles. The van der Waals surface area contributed by atoms with Crippen molar-refractivity contribution in [3.63, 3.8) is 0 Å². The van der Waals surface area contributed by atoms with Gasteiger partial charge in [0.15, 0.2) is 5.96 Å². The molecule has 0 aromatic carbocycles. The zero-order chi connectivity index (χ0) is 16.7. The van der Waals surface area contributed by atoms with Crippen molar-refractivity contribution in [3.8, 4) is 0 Å². The van der Waals surface area contributed by atoms with Crippen LogP contribution in [0.15, 0.2) is 0 Å². The van der Waals surface area contributed by atoms with Crippen molar-refractivity contribution in [2.24, 2.45) is 11.7 Å². The standard InChI is InChI=1S/C14H33N3O3Si/c1-8-18-21(19-9-2,20-10-3)14(6,7)12(11(4)5)17-13(15)16/h11-12H,8-10H2,1-7H3,(H4,15,16,17). The van der Waals surface area contributed by atoms with E-state index in [0.29, 0.717) is 19.8 Å². The maximum Gasteiger partial charge on any atom is 0.509 e.